The summed E-state index contributed by atoms with van der Waals surface area (Å²) in [6, 6.07) is 0. The summed E-state index contributed by atoms with van der Waals surface area (Å²) in [5.41, 5.74) is 5.38. The zero-order valence-corrected chi connectivity index (χ0v) is 7.73. The van der Waals surface area contributed by atoms with Crippen molar-refractivity contribution in [1.82, 2.24) is 10.9 Å². The van der Waals surface area contributed by atoms with Gasteiger partial charge in [-0.1, -0.05) is 20.3 Å². The van der Waals surface area contributed by atoms with E-state index in [4.69, 9.17) is 5.26 Å². The second-order valence-electron chi connectivity index (χ2n) is 3.39. The van der Waals surface area contributed by atoms with E-state index >= 15 is 0 Å². The van der Waals surface area contributed by atoms with Crippen molar-refractivity contribution >= 4 is 0 Å². The molecule has 0 amide bonds. The summed E-state index contributed by atoms with van der Waals surface area (Å²) in [7, 11) is 0. The van der Waals surface area contributed by atoms with Gasteiger partial charge in [-0.15, -0.1) is 0 Å². The number of nitrogens with one attached hydrogen (secondary N) is 2. The number of hydrazine groups is 1. The summed E-state index contributed by atoms with van der Waals surface area (Å²) in [5, 5.41) is 8.26. The largest absolute Gasteiger partial charge is 0.258 e. The van der Waals surface area contributed by atoms with Gasteiger partial charge in [0.25, 0.3) is 0 Å². The lowest BCUT2D eigenvalue weighted by Crippen LogP contribution is -2.50. The normalized spacial score (nSPS) is 13.7. The molecule has 0 aliphatic carbocycles. The van der Waals surface area contributed by atoms with Crippen molar-refractivity contribution in [2.24, 2.45) is 5.92 Å². The predicted octanol–water partition coefficient (Wildman–Crippen LogP) is 1.39. The first kappa shape index (κ1) is 10.2. The van der Waals surface area contributed by atoms with Crippen molar-refractivity contribution in [2.45, 2.75) is 39.7 Å². The van der Waals surface area contributed by atoms with Gasteiger partial charge in [-0.25, -0.2) is 5.43 Å². The lowest BCUT2D eigenvalue weighted by molar-refractivity contribution is 0.247. The minimum absolute atomic E-state index is 0.0233. The molecule has 2 N–H and O–H groups in total. The van der Waals surface area contributed by atoms with E-state index < -0.39 is 0 Å². The van der Waals surface area contributed by atoms with Crippen molar-refractivity contribution in [3.05, 3.63) is 0 Å². The quantitative estimate of drug-likeness (QED) is 0.366. The van der Waals surface area contributed by atoms with Crippen LogP contribution < -0.4 is 10.9 Å². The Morgan fingerprint density at radius 3 is 2.45 bits per heavy atom. The van der Waals surface area contributed by atoms with Crippen LogP contribution in [-0.2, 0) is 0 Å². The van der Waals surface area contributed by atoms with Crippen LogP contribution in [0.15, 0.2) is 0 Å². The fourth-order valence-corrected chi connectivity index (χ4v) is 0.823. The monoisotopic (exact) mass is 155 g/mol. The van der Waals surface area contributed by atoms with E-state index in [0.717, 1.165) is 6.42 Å². The third-order valence-corrected chi connectivity index (χ3v) is 2.28. The van der Waals surface area contributed by atoms with Gasteiger partial charge in [0.15, 0.2) is 6.19 Å². The molecule has 0 aromatic rings. The Balaban J connectivity index is 3.89. The molecule has 0 aromatic carbocycles. The van der Waals surface area contributed by atoms with Gasteiger partial charge in [0, 0.05) is 5.54 Å². The van der Waals surface area contributed by atoms with Crippen LogP contribution in [0, 0.1) is 17.4 Å². The molecular weight excluding hydrogens is 138 g/mol. The smallest absolute Gasteiger partial charge is 0.192 e. The maximum Gasteiger partial charge on any atom is 0.192 e. The lowest BCUT2D eigenvalue weighted by Gasteiger charge is -2.31. The summed E-state index contributed by atoms with van der Waals surface area (Å²) in [6.45, 7) is 8.45. The van der Waals surface area contributed by atoms with Gasteiger partial charge in [0.05, 0.1) is 0 Å². The average molecular weight is 155 g/mol. The molecule has 0 spiro atoms. The van der Waals surface area contributed by atoms with Gasteiger partial charge in [-0.05, 0) is 19.8 Å². The fourth-order valence-electron chi connectivity index (χ4n) is 0.823. The first-order valence-corrected chi connectivity index (χ1v) is 3.95. The van der Waals surface area contributed by atoms with Gasteiger partial charge in [-0.3, -0.25) is 5.43 Å². The van der Waals surface area contributed by atoms with E-state index in [1.807, 2.05) is 6.19 Å². The molecule has 1 atom stereocenters. The maximum atomic E-state index is 8.26. The minimum Gasteiger partial charge on any atom is -0.258 e. The zero-order valence-electron chi connectivity index (χ0n) is 7.73. The Labute approximate surface area is 68.8 Å². The Hall–Kier alpha value is -0.750. The summed E-state index contributed by atoms with van der Waals surface area (Å²) in [4.78, 5) is 0. The Kier molecular flexibility index (Phi) is 3.91. The number of hydrogen-bond donors (Lipinski definition) is 2. The molecule has 3 nitrogen and oxygen atoms in total. The van der Waals surface area contributed by atoms with Crippen LogP contribution >= 0.6 is 0 Å². The predicted molar refractivity (Wildman–Crippen MR) is 45.4 cm³/mol. The van der Waals surface area contributed by atoms with Gasteiger partial charge in [0.1, 0.15) is 0 Å². The van der Waals surface area contributed by atoms with Crippen LogP contribution in [0.2, 0.25) is 0 Å². The molecule has 0 rings (SSSR count). The van der Waals surface area contributed by atoms with Crippen molar-refractivity contribution in [3.63, 3.8) is 0 Å². The van der Waals surface area contributed by atoms with Crippen molar-refractivity contribution < 1.29 is 0 Å². The Bertz CT molecular complexity index is 146. The molecular formula is C8H17N3. The summed E-state index contributed by atoms with van der Waals surface area (Å²) in [6.07, 6.45) is 2.95. The Morgan fingerprint density at radius 2 is 2.09 bits per heavy atom. The summed E-state index contributed by atoms with van der Waals surface area (Å²) < 4.78 is 0. The van der Waals surface area contributed by atoms with Gasteiger partial charge >= 0.3 is 0 Å². The van der Waals surface area contributed by atoms with Crippen LogP contribution in [0.25, 0.3) is 0 Å². The molecule has 0 heterocycles. The molecule has 0 bridgehead atoms. The second kappa shape index (κ2) is 4.20. The van der Waals surface area contributed by atoms with E-state index in [0.29, 0.717) is 5.92 Å². The number of nitrogens with zero attached hydrogens (tertiary/aromatic N) is 1. The molecule has 3 heteroatoms. The lowest BCUT2D eigenvalue weighted by atomic mass is 9.88. The molecule has 0 aliphatic heterocycles. The topological polar surface area (TPSA) is 47.8 Å². The maximum absolute atomic E-state index is 8.26. The van der Waals surface area contributed by atoms with Crippen molar-refractivity contribution in [2.75, 3.05) is 0 Å². The van der Waals surface area contributed by atoms with Gasteiger partial charge in [-0.2, -0.15) is 5.26 Å². The average Bonchev–Trinajstić information content (AvgIpc) is 1.99. The van der Waals surface area contributed by atoms with Crippen LogP contribution in [0.1, 0.15) is 34.1 Å². The molecule has 11 heavy (non-hydrogen) atoms. The molecule has 0 fully saturated rings. The highest BCUT2D eigenvalue weighted by molar-refractivity contribution is 4.82. The summed E-state index contributed by atoms with van der Waals surface area (Å²) >= 11 is 0. The van der Waals surface area contributed by atoms with Crippen molar-refractivity contribution in [1.29, 1.82) is 5.26 Å². The van der Waals surface area contributed by atoms with Crippen molar-refractivity contribution in [3.8, 4) is 6.19 Å². The Morgan fingerprint density at radius 1 is 1.55 bits per heavy atom. The number of nitriles is 1. The highest BCUT2D eigenvalue weighted by Gasteiger charge is 2.23. The third kappa shape index (κ3) is 3.24. The molecule has 0 radical (unpaired) electrons. The molecule has 0 aliphatic rings. The highest BCUT2D eigenvalue weighted by atomic mass is 15.4. The first-order chi connectivity index (χ1) is 5.04. The third-order valence-electron chi connectivity index (χ3n) is 2.28. The van der Waals surface area contributed by atoms with E-state index in [-0.39, 0.29) is 5.54 Å². The minimum atomic E-state index is -0.0233. The molecule has 0 saturated carbocycles. The highest BCUT2D eigenvalue weighted by Crippen LogP contribution is 2.17. The van der Waals surface area contributed by atoms with E-state index in [1.54, 1.807) is 0 Å². The van der Waals surface area contributed by atoms with Gasteiger partial charge in [0.2, 0.25) is 0 Å². The number of hydrogen-bond acceptors (Lipinski definition) is 3. The van der Waals surface area contributed by atoms with Gasteiger partial charge < -0.3 is 0 Å². The zero-order chi connectivity index (χ0) is 8.91. The van der Waals surface area contributed by atoms with Crippen LogP contribution in [-0.4, -0.2) is 5.54 Å². The van der Waals surface area contributed by atoms with E-state index in [9.17, 15) is 0 Å². The second-order valence-corrected chi connectivity index (χ2v) is 3.39. The van der Waals surface area contributed by atoms with Crippen LogP contribution in [0.4, 0.5) is 0 Å². The van der Waals surface area contributed by atoms with E-state index in [2.05, 4.69) is 38.5 Å². The molecule has 1 unspecified atom stereocenters. The standard InChI is InChI=1S/C8H17N3/c1-5-7(2)8(3,4)11-10-6-9/h7,10-11H,5H2,1-4H3. The van der Waals surface area contributed by atoms with Crippen LogP contribution in [0.3, 0.4) is 0 Å². The molecule has 0 aromatic heterocycles. The van der Waals surface area contributed by atoms with Crippen LogP contribution in [0.5, 0.6) is 0 Å². The first-order valence-electron chi connectivity index (χ1n) is 3.95. The molecule has 64 valence electrons. The SMILES string of the molecule is CCC(C)C(C)(C)NNC#N. The van der Waals surface area contributed by atoms with E-state index in [1.165, 1.54) is 0 Å². The number of rotatable bonds is 4. The molecule has 0 saturated heterocycles. The summed E-state index contributed by atoms with van der Waals surface area (Å²) in [5.74, 6) is 0.545. The fraction of sp³-hybridized carbons (Fsp3) is 0.875.